The van der Waals surface area contributed by atoms with E-state index in [2.05, 4.69) is 15.7 Å². The number of para-hydroxylation sites is 1. The van der Waals surface area contributed by atoms with Gasteiger partial charge in [0.2, 0.25) is 5.91 Å². The van der Waals surface area contributed by atoms with Gasteiger partial charge in [0.05, 0.1) is 12.1 Å². The summed E-state index contributed by atoms with van der Waals surface area (Å²) in [5, 5.41) is 19.3. The maximum atomic E-state index is 13.2. The van der Waals surface area contributed by atoms with Crippen LogP contribution < -0.4 is 10.6 Å². The van der Waals surface area contributed by atoms with Crippen molar-refractivity contribution in [3.05, 3.63) is 65.4 Å². The number of hydrogen-bond acceptors (Lipinski definition) is 5. The quantitative estimate of drug-likeness (QED) is 0.418. The molecule has 34 heavy (non-hydrogen) atoms. The number of aliphatic hydroxyl groups is 1. The minimum absolute atomic E-state index is 0.0766. The normalized spacial score (nSPS) is 12.4. The van der Waals surface area contributed by atoms with Gasteiger partial charge in [-0.25, -0.2) is 4.39 Å². The Hall–Kier alpha value is -3.59. The van der Waals surface area contributed by atoms with Crippen LogP contribution in [0.25, 0.3) is 10.9 Å². The molecule has 1 heterocycles. The van der Waals surface area contributed by atoms with Gasteiger partial charge in [0, 0.05) is 17.5 Å². The second-order valence-corrected chi connectivity index (χ2v) is 9.06. The summed E-state index contributed by atoms with van der Waals surface area (Å²) in [6.07, 6.45) is 0. The van der Waals surface area contributed by atoms with Crippen LogP contribution in [0.3, 0.4) is 0 Å². The van der Waals surface area contributed by atoms with Gasteiger partial charge >= 0.3 is 0 Å². The molecular formula is C25H29FN4O4. The van der Waals surface area contributed by atoms with E-state index in [-0.39, 0.29) is 31.2 Å². The number of fused-ring (bicyclic) bond motifs is 1. The maximum absolute atomic E-state index is 13.2. The zero-order chi connectivity index (χ0) is 24.9. The Morgan fingerprint density at radius 3 is 2.38 bits per heavy atom. The van der Waals surface area contributed by atoms with Gasteiger partial charge in [-0.1, -0.05) is 63.2 Å². The first kappa shape index (κ1) is 25.0. The number of Topliss-reactive ketones (excluding diaryl/α,β-unsaturated/α-hetero) is 1. The third-order valence-corrected chi connectivity index (χ3v) is 5.41. The number of aromatic nitrogens is 2. The summed E-state index contributed by atoms with van der Waals surface area (Å²) in [7, 11) is 0. The fraction of sp³-hybridized carbons (Fsp3) is 0.360. The monoisotopic (exact) mass is 468 g/mol. The van der Waals surface area contributed by atoms with Crippen LogP contribution in [-0.4, -0.2) is 51.7 Å². The van der Waals surface area contributed by atoms with Gasteiger partial charge in [-0.3, -0.25) is 19.1 Å². The Balaban J connectivity index is 1.88. The van der Waals surface area contributed by atoms with Crippen LogP contribution in [-0.2, 0) is 18.0 Å². The molecule has 1 atom stereocenters. The van der Waals surface area contributed by atoms with Crippen LogP contribution in [0, 0.1) is 5.41 Å². The molecule has 0 aliphatic carbocycles. The molecule has 0 fully saturated rings. The van der Waals surface area contributed by atoms with Gasteiger partial charge in [0.1, 0.15) is 19.3 Å². The number of halogens is 1. The molecule has 0 aliphatic rings. The first-order valence-corrected chi connectivity index (χ1v) is 11.0. The highest BCUT2D eigenvalue weighted by molar-refractivity contribution is 6.06. The molecule has 8 nitrogen and oxygen atoms in total. The molecule has 180 valence electrons. The number of nitrogens with zero attached hydrogens (tertiary/aromatic N) is 2. The number of aliphatic hydroxyl groups excluding tert-OH is 1. The van der Waals surface area contributed by atoms with Crippen LogP contribution in [0.4, 0.5) is 4.39 Å². The first-order chi connectivity index (χ1) is 16.2. The molecule has 1 unspecified atom stereocenters. The third-order valence-electron chi connectivity index (χ3n) is 5.41. The number of carbonyl (C=O) groups is 3. The fourth-order valence-corrected chi connectivity index (χ4v) is 3.58. The Labute approximate surface area is 197 Å². The molecule has 0 spiro atoms. The second-order valence-electron chi connectivity index (χ2n) is 9.06. The smallest absolute Gasteiger partial charge is 0.273 e. The molecule has 3 rings (SSSR count). The molecule has 1 aromatic heterocycles. The number of amides is 2. The molecule has 0 bridgehead atoms. The van der Waals surface area contributed by atoms with Crippen molar-refractivity contribution in [2.24, 2.45) is 5.41 Å². The zero-order valence-corrected chi connectivity index (χ0v) is 19.5. The molecule has 3 aromatic rings. The number of benzene rings is 2. The Kier molecular flexibility index (Phi) is 7.78. The van der Waals surface area contributed by atoms with Crippen molar-refractivity contribution in [1.29, 1.82) is 0 Å². The molecule has 9 heteroatoms. The number of hydrogen-bond donors (Lipinski definition) is 3. The zero-order valence-electron chi connectivity index (χ0n) is 19.5. The van der Waals surface area contributed by atoms with E-state index in [1.54, 1.807) is 48.5 Å². The molecule has 0 saturated heterocycles. The number of nitrogens with one attached hydrogen (secondary N) is 2. The first-order valence-electron chi connectivity index (χ1n) is 11.0. The Morgan fingerprint density at radius 2 is 1.76 bits per heavy atom. The van der Waals surface area contributed by atoms with E-state index >= 15 is 0 Å². The summed E-state index contributed by atoms with van der Waals surface area (Å²) in [4.78, 5) is 38.6. The number of alkyl halides is 1. The standard InChI is InChI=1S/C25H29FN4O4/c1-25(2,3)22(24(34)27-12-13-31)28-23(33)21-18-6-4-5-7-19(18)30(29-21)15-20(32)17-10-8-16(14-26)9-11-17/h4-11,22,31H,12-15H2,1-3H3,(H,27,34)(H,28,33). The van der Waals surface area contributed by atoms with Gasteiger partial charge in [0.25, 0.3) is 5.91 Å². The fourth-order valence-electron chi connectivity index (χ4n) is 3.58. The Bertz CT molecular complexity index is 1180. The predicted octanol–water partition coefficient (Wildman–Crippen LogP) is 2.64. The lowest BCUT2D eigenvalue weighted by Crippen LogP contribution is -2.54. The number of ketones is 1. The summed E-state index contributed by atoms with van der Waals surface area (Å²) in [6.45, 7) is 4.61. The summed E-state index contributed by atoms with van der Waals surface area (Å²) < 4.78 is 14.2. The second kappa shape index (κ2) is 10.6. The predicted molar refractivity (Wildman–Crippen MR) is 126 cm³/mol. The number of rotatable bonds is 9. The molecular weight excluding hydrogens is 439 g/mol. The third kappa shape index (κ3) is 5.66. The van der Waals surface area contributed by atoms with E-state index < -0.39 is 29.9 Å². The van der Waals surface area contributed by atoms with Gasteiger partial charge in [-0.05, 0) is 17.0 Å². The average Bonchev–Trinajstić information content (AvgIpc) is 3.18. The van der Waals surface area contributed by atoms with Crippen LogP contribution in [0.1, 0.15) is 47.2 Å². The topological polar surface area (TPSA) is 113 Å². The van der Waals surface area contributed by atoms with E-state index in [4.69, 9.17) is 5.11 Å². The van der Waals surface area contributed by atoms with Gasteiger partial charge in [-0.15, -0.1) is 0 Å². The molecule has 2 amide bonds. The molecule has 2 aromatic carbocycles. The lowest BCUT2D eigenvalue weighted by molar-refractivity contribution is -0.125. The van der Waals surface area contributed by atoms with Crippen molar-refractivity contribution < 1.29 is 23.9 Å². The van der Waals surface area contributed by atoms with Crippen molar-refractivity contribution in [2.75, 3.05) is 13.2 Å². The van der Waals surface area contributed by atoms with Gasteiger partial charge < -0.3 is 15.7 Å². The number of carbonyl (C=O) groups excluding carboxylic acids is 3. The average molecular weight is 469 g/mol. The van der Waals surface area contributed by atoms with E-state index in [0.717, 1.165) is 0 Å². The summed E-state index contributed by atoms with van der Waals surface area (Å²) in [5.74, 6) is -1.19. The van der Waals surface area contributed by atoms with Gasteiger partial charge in [0.15, 0.2) is 11.5 Å². The summed E-state index contributed by atoms with van der Waals surface area (Å²) >= 11 is 0. The van der Waals surface area contributed by atoms with E-state index in [0.29, 0.717) is 22.0 Å². The molecule has 0 aliphatic heterocycles. The van der Waals surface area contributed by atoms with Crippen LogP contribution in [0.5, 0.6) is 0 Å². The van der Waals surface area contributed by atoms with Gasteiger partial charge in [-0.2, -0.15) is 5.10 Å². The maximum Gasteiger partial charge on any atom is 0.273 e. The lowest BCUT2D eigenvalue weighted by atomic mass is 9.86. The molecule has 3 N–H and O–H groups in total. The highest BCUT2D eigenvalue weighted by atomic mass is 19.1. The highest BCUT2D eigenvalue weighted by Gasteiger charge is 2.34. The van der Waals surface area contributed by atoms with Crippen molar-refractivity contribution in [3.63, 3.8) is 0 Å². The summed E-state index contributed by atoms with van der Waals surface area (Å²) in [5.41, 5.74) is 0.987. The lowest BCUT2D eigenvalue weighted by Gasteiger charge is -2.30. The van der Waals surface area contributed by atoms with Crippen molar-refractivity contribution in [1.82, 2.24) is 20.4 Å². The van der Waals surface area contributed by atoms with Crippen molar-refractivity contribution >= 4 is 28.5 Å². The van der Waals surface area contributed by atoms with E-state index in [1.165, 1.54) is 4.68 Å². The van der Waals surface area contributed by atoms with Crippen LogP contribution >= 0.6 is 0 Å². The summed E-state index contributed by atoms with van der Waals surface area (Å²) in [6, 6.07) is 12.4. The highest BCUT2D eigenvalue weighted by Crippen LogP contribution is 2.23. The largest absolute Gasteiger partial charge is 0.395 e. The van der Waals surface area contributed by atoms with E-state index in [9.17, 15) is 18.8 Å². The van der Waals surface area contributed by atoms with E-state index in [1.807, 2.05) is 20.8 Å². The Morgan fingerprint density at radius 1 is 1.09 bits per heavy atom. The molecule has 0 radical (unpaired) electrons. The van der Waals surface area contributed by atoms with Crippen molar-refractivity contribution in [3.8, 4) is 0 Å². The minimum Gasteiger partial charge on any atom is -0.395 e. The minimum atomic E-state index is -0.869. The van der Waals surface area contributed by atoms with Crippen LogP contribution in [0.2, 0.25) is 0 Å². The SMILES string of the molecule is CC(C)(C)C(NC(=O)c1nn(CC(=O)c2ccc(CF)cc2)c2ccccc12)C(=O)NCCO. The molecule has 0 saturated carbocycles. The van der Waals surface area contributed by atoms with Crippen LogP contribution in [0.15, 0.2) is 48.5 Å². The van der Waals surface area contributed by atoms with Crippen molar-refractivity contribution in [2.45, 2.75) is 40.0 Å².